The van der Waals surface area contributed by atoms with Gasteiger partial charge in [-0.1, -0.05) is 25.8 Å². The van der Waals surface area contributed by atoms with Crippen LogP contribution in [0, 0.1) is 0 Å². The van der Waals surface area contributed by atoms with E-state index in [1.807, 2.05) is 6.07 Å². The molecule has 0 aliphatic carbocycles. The van der Waals surface area contributed by atoms with Crippen molar-refractivity contribution >= 4 is 15.9 Å². The van der Waals surface area contributed by atoms with Crippen LogP contribution in [0.3, 0.4) is 0 Å². The zero-order valence-corrected chi connectivity index (χ0v) is 12.6. The second-order valence-corrected chi connectivity index (χ2v) is 5.27. The third kappa shape index (κ3) is 5.09. The number of nitrogens with zero attached hydrogens (tertiary/aromatic N) is 1. The molecular weight excluding hydrogens is 278 g/mol. The van der Waals surface area contributed by atoms with Crippen LogP contribution in [0.25, 0.3) is 0 Å². The lowest BCUT2D eigenvalue weighted by Crippen LogP contribution is -2.19. The summed E-state index contributed by atoms with van der Waals surface area (Å²) < 4.78 is 6.25. The summed E-state index contributed by atoms with van der Waals surface area (Å²) in [5, 5.41) is 0. The summed E-state index contributed by atoms with van der Waals surface area (Å²) in [6, 6.07) is 6.27. The quantitative estimate of drug-likeness (QED) is 0.704. The number of halogens is 1. The lowest BCUT2D eigenvalue weighted by molar-refractivity contribution is 0.318. The standard InChI is InChI=1S/C14H22BrNO/c1-4-5-6-9-16(2)11-12-7-8-14(17-3)13(15)10-12/h7-8,10H,4-6,9,11H2,1-3H3. The average molecular weight is 300 g/mol. The van der Waals surface area contributed by atoms with Crippen molar-refractivity contribution in [3.63, 3.8) is 0 Å². The summed E-state index contributed by atoms with van der Waals surface area (Å²) >= 11 is 3.52. The van der Waals surface area contributed by atoms with E-state index in [-0.39, 0.29) is 0 Å². The van der Waals surface area contributed by atoms with Crippen molar-refractivity contribution in [1.29, 1.82) is 0 Å². The van der Waals surface area contributed by atoms with Gasteiger partial charge in [0.1, 0.15) is 5.75 Å². The van der Waals surface area contributed by atoms with Gasteiger partial charge in [0, 0.05) is 6.54 Å². The molecule has 0 aromatic heterocycles. The Morgan fingerprint density at radius 1 is 1.29 bits per heavy atom. The van der Waals surface area contributed by atoms with Gasteiger partial charge >= 0.3 is 0 Å². The maximum absolute atomic E-state index is 5.22. The largest absolute Gasteiger partial charge is 0.496 e. The Balaban J connectivity index is 2.48. The Bertz CT molecular complexity index is 341. The minimum atomic E-state index is 0.891. The zero-order valence-electron chi connectivity index (χ0n) is 11.0. The maximum Gasteiger partial charge on any atom is 0.133 e. The normalized spacial score (nSPS) is 10.9. The molecule has 0 N–H and O–H groups in total. The summed E-state index contributed by atoms with van der Waals surface area (Å²) in [5.41, 5.74) is 1.32. The van der Waals surface area contributed by atoms with Crippen molar-refractivity contribution in [2.24, 2.45) is 0 Å². The minimum Gasteiger partial charge on any atom is -0.496 e. The predicted molar refractivity (Wildman–Crippen MR) is 76.6 cm³/mol. The van der Waals surface area contributed by atoms with E-state index >= 15 is 0 Å². The van der Waals surface area contributed by atoms with E-state index in [1.54, 1.807) is 7.11 Å². The molecule has 1 aromatic rings. The lowest BCUT2D eigenvalue weighted by Gasteiger charge is -2.17. The first kappa shape index (κ1) is 14.5. The fourth-order valence-corrected chi connectivity index (χ4v) is 2.42. The molecule has 0 saturated carbocycles. The van der Waals surface area contributed by atoms with Gasteiger partial charge in [-0.25, -0.2) is 0 Å². The van der Waals surface area contributed by atoms with Crippen molar-refractivity contribution in [2.75, 3.05) is 20.7 Å². The SMILES string of the molecule is CCCCCN(C)Cc1ccc(OC)c(Br)c1. The van der Waals surface area contributed by atoms with Crippen LogP contribution in [0.2, 0.25) is 0 Å². The van der Waals surface area contributed by atoms with Gasteiger partial charge in [0.25, 0.3) is 0 Å². The van der Waals surface area contributed by atoms with Gasteiger partial charge in [-0.2, -0.15) is 0 Å². The van der Waals surface area contributed by atoms with Gasteiger partial charge in [-0.3, -0.25) is 0 Å². The highest BCUT2D eigenvalue weighted by Crippen LogP contribution is 2.25. The topological polar surface area (TPSA) is 12.5 Å². The van der Waals surface area contributed by atoms with Crippen LogP contribution in [0.5, 0.6) is 5.75 Å². The molecule has 2 nitrogen and oxygen atoms in total. The molecule has 0 aliphatic heterocycles. The van der Waals surface area contributed by atoms with Gasteiger partial charge in [0.2, 0.25) is 0 Å². The van der Waals surface area contributed by atoms with Crippen LogP contribution < -0.4 is 4.74 Å². The molecule has 0 radical (unpaired) electrons. The first-order valence-corrected chi connectivity index (χ1v) is 6.97. The fraction of sp³-hybridized carbons (Fsp3) is 0.571. The Morgan fingerprint density at radius 2 is 2.06 bits per heavy atom. The summed E-state index contributed by atoms with van der Waals surface area (Å²) in [7, 11) is 3.87. The lowest BCUT2D eigenvalue weighted by atomic mass is 10.2. The minimum absolute atomic E-state index is 0.891. The number of rotatable bonds is 7. The fourth-order valence-electron chi connectivity index (χ4n) is 1.83. The molecule has 0 atom stereocenters. The van der Waals surface area contributed by atoms with E-state index in [1.165, 1.54) is 24.8 Å². The highest BCUT2D eigenvalue weighted by molar-refractivity contribution is 9.10. The van der Waals surface area contributed by atoms with Gasteiger partial charge in [-0.05, 0) is 53.6 Å². The van der Waals surface area contributed by atoms with Crippen molar-refractivity contribution in [1.82, 2.24) is 4.90 Å². The third-order valence-electron chi connectivity index (χ3n) is 2.81. The highest BCUT2D eigenvalue weighted by atomic mass is 79.9. The third-order valence-corrected chi connectivity index (χ3v) is 3.43. The van der Waals surface area contributed by atoms with Gasteiger partial charge in [0.05, 0.1) is 11.6 Å². The second-order valence-electron chi connectivity index (χ2n) is 4.41. The number of methoxy groups -OCH3 is 1. The van der Waals surface area contributed by atoms with Crippen molar-refractivity contribution in [3.8, 4) is 5.75 Å². The summed E-state index contributed by atoms with van der Waals surface area (Å²) in [4.78, 5) is 2.36. The first-order chi connectivity index (χ1) is 8.17. The molecule has 1 aromatic carbocycles. The molecule has 3 heteroatoms. The summed E-state index contributed by atoms with van der Waals surface area (Å²) in [6.07, 6.45) is 3.88. The molecular formula is C14H22BrNO. The molecule has 0 heterocycles. The average Bonchev–Trinajstić information content (AvgIpc) is 2.29. The van der Waals surface area contributed by atoms with Crippen LogP contribution >= 0.6 is 15.9 Å². The number of unbranched alkanes of at least 4 members (excludes halogenated alkanes) is 2. The van der Waals surface area contributed by atoms with Gasteiger partial charge in [-0.15, -0.1) is 0 Å². The number of hydrogen-bond acceptors (Lipinski definition) is 2. The zero-order chi connectivity index (χ0) is 12.7. The molecule has 17 heavy (non-hydrogen) atoms. The molecule has 0 saturated heterocycles. The van der Waals surface area contributed by atoms with Crippen molar-refractivity contribution in [2.45, 2.75) is 32.7 Å². The van der Waals surface area contributed by atoms with E-state index in [9.17, 15) is 0 Å². The second kappa shape index (κ2) is 7.72. The molecule has 0 bridgehead atoms. The number of hydrogen-bond donors (Lipinski definition) is 0. The van der Waals surface area contributed by atoms with E-state index in [0.29, 0.717) is 0 Å². The Morgan fingerprint density at radius 3 is 2.65 bits per heavy atom. The maximum atomic E-state index is 5.22. The highest BCUT2D eigenvalue weighted by Gasteiger charge is 2.04. The molecule has 0 amide bonds. The summed E-state index contributed by atoms with van der Waals surface area (Å²) in [5.74, 6) is 0.891. The van der Waals surface area contributed by atoms with E-state index < -0.39 is 0 Å². The molecule has 0 fully saturated rings. The van der Waals surface area contributed by atoms with Crippen molar-refractivity contribution < 1.29 is 4.74 Å². The molecule has 0 aliphatic rings. The molecule has 0 unspecified atom stereocenters. The van der Waals surface area contributed by atoms with Crippen LogP contribution in [-0.4, -0.2) is 25.6 Å². The Hall–Kier alpha value is -0.540. The van der Waals surface area contributed by atoms with Crippen molar-refractivity contribution in [3.05, 3.63) is 28.2 Å². The van der Waals surface area contributed by atoms with Crippen LogP contribution in [0.15, 0.2) is 22.7 Å². The molecule has 1 rings (SSSR count). The Kier molecular flexibility index (Phi) is 6.60. The monoisotopic (exact) mass is 299 g/mol. The van der Waals surface area contributed by atoms with E-state index in [2.05, 4.69) is 46.9 Å². The van der Waals surface area contributed by atoms with Gasteiger partial charge in [0.15, 0.2) is 0 Å². The summed E-state index contributed by atoms with van der Waals surface area (Å²) in [6.45, 7) is 4.39. The van der Waals surface area contributed by atoms with Crippen LogP contribution in [0.1, 0.15) is 31.7 Å². The Labute approximate surface area is 113 Å². The number of ether oxygens (including phenoxy) is 1. The first-order valence-electron chi connectivity index (χ1n) is 6.18. The molecule has 0 spiro atoms. The van der Waals surface area contributed by atoms with Crippen LogP contribution in [0.4, 0.5) is 0 Å². The van der Waals surface area contributed by atoms with E-state index in [0.717, 1.165) is 23.3 Å². The smallest absolute Gasteiger partial charge is 0.133 e. The number of benzene rings is 1. The predicted octanol–water partition coefficient (Wildman–Crippen LogP) is 4.08. The van der Waals surface area contributed by atoms with Crippen LogP contribution in [-0.2, 0) is 6.54 Å². The van der Waals surface area contributed by atoms with Gasteiger partial charge < -0.3 is 9.64 Å². The molecule has 96 valence electrons. The van der Waals surface area contributed by atoms with E-state index in [4.69, 9.17) is 4.74 Å².